The quantitative estimate of drug-likeness (QED) is 0.728. The molecule has 0 unspecified atom stereocenters. The molecule has 0 aliphatic carbocycles. The van der Waals surface area contributed by atoms with E-state index in [0.29, 0.717) is 11.4 Å². The first-order chi connectivity index (χ1) is 12.9. The maximum Gasteiger partial charge on any atom is 0.228 e. The van der Waals surface area contributed by atoms with Gasteiger partial charge in [-0.1, -0.05) is 18.2 Å². The predicted molar refractivity (Wildman–Crippen MR) is 106 cm³/mol. The van der Waals surface area contributed by atoms with Gasteiger partial charge in [-0.2, -0.15) is 5.10 Å². The molecule has 6 heteroatoms. The summed E-state index contributed by atoms with van der Waals surface area (Å²) in [5.41, 5.74) is 5.06. The summed E-state index contributed by atoms with van der Waals surface area (Å²) in [7, 11) is 0. The number of nitrogens with zero attached hydrogens (tertiary/aromatic N) is 2. The molecule has 3 aromatic rings. The smallest absolute Gasteiger partial charge is 0.228 e. The molecule has 27 heavy (non-hydrogen) atoms. The van der Waals surface area contributed by atoms with Crippen molar-refractivity contribution in [3.63, 3.8) is 0 Å². The summed E-state index contributed by atoms with van der Waals surface area (Å²) >= 11 is 0. The lowest BCUT2D eigenvalue weighted by Crippen LogP contribution is -2.15. The minimum atomic E-state index is -0.131. The molecule has 0 bridgehead atoms. The highest BCUT2D eigenvalue weighted by Gasteiger charge is 2.16. The summed E-state index contributed by atoms with van der Waals surface area (Å²) in [5.74, 6) is -0.241. The molecular weight excluding hydrogens is 340 g/mol. The van der Waals surface area contributed by atoms with Crippen molar-refractivity contribution in [2.45, 2.75) is 27.2 Å². The number of para-hydroxylation sites is 1. The van der Waals surface area contributed by atoms with E-state index in [1.165, 1.54) is 6.92 Å². The van der Waals surface area contributed by atoms with E-state index in [-0.39, 0.29) is 18.2 Å². The molecule has 0 radical (unpaired) electrons. The number of nitrogens with one attached hydrogen (secondary N) is 2. The van der Waals surface area contributed by atoms with E-state index in [0.717, 1.165) is 22.6 Å². The standard InChI is InChI=1S/C21H22N4O2/c1-14-20(15(2)25(24-14)19-7-5-4-6-8-19)13-21(27)23-18-11-9-17(10-12-18)22-16(3)26/h4-12H,13H2,1-3H3,(H,22,26)(H,23,27). The van der Waals surface area contributed by atoms with Crippen molar-refractivity contribution in [3.8, 4) is 5.69 Å². The number of benzene rings is 2. The molecule has 1 aromatic heterocycles. The summed E-state index contributed by atoms with van der Waals surface area (Å²) in [6.07, 6.45) is 0.248. The zero-order chi connectivity index (χ0) is 19.4. The maximum absolute atomic E-state index is 12.5. The van der Waals surface area contributed by atoms with Crippen molar-refractivity contribution in [2.75, 3.05) is 10.6 Å². The highest BCUT2D eigenvalue weighted by Crippen LogP contribution is 2.19. The molecule has 2 amide bonds. The van der Waals surface area contributed by atoms with E-state index < -0.39 is 0 Å². The van der Waals surface area contributed by atoms with Crippen LogP contribution in [0.1, 0.15) is 23.9 Å². The molecule has 2 N–H and O–H groups in total. The summed E-state index contributed by atoms with van der Waals surface area (Å²) in [4.78, 5) is 23.5. The lowest BCUT2D eigenvalue weighted by molar-refractivity contribution is -0.116. The molecule has 2 aromatic carbocycles. The van der Waals surface area contributed by atoms with Gasteiger partial charge in [0.15, 0.2) is 0 Å². The van der Waals surface area contributed by atoms with Gasteiger partial charge in [0.05, 0.1) is 17.8 Å². The van der Waals surface area contributed by atoms with E-state index >= 15 is 0 Å². The third kappa shape index (κ3) is 4.41. The van der Waals surface area contributed by atoms with Crippen molar-refractivity contribution in [1.29, 1.82) is 0 Å². The van der Waals surface area contributed by atoms with E-state index in [4.69, 9.17) is 0 Å². The first-order valence-corrected chi connectivity index (χ1v) is 8.72. The highest BCUT2D eigenvalue weighted by molar-refractivity contribution is 5.93. The Morgan fingerprint density at radius 1 is 0.926 bits per heavy atom. The molecule has 0 saturated heterocycles. The van der Waals surface area contributed by atoms with Gasteiger partial charge in [0, 0.05) is 29.6 Å². The van der Waals surface area contributed by atoms with Gasteiger partial charge in [-0.15, -0.1) is 0 Å². The number of rotatable bonds is 5. The van der Waals surface area contributed by atoms with E-state index in [1.54, 1.807) is 24.3 Å². The van der Waals surface area contributed by atoms with Crippen LogP contribution in [0.15, 0.2) is 54.6 Å². The normalized spacial score (nSPS) is 10.5. The first-order valence-electron chi connectivity index (χ1n) is 8.72. The Morgan fingerprint density at radius 2 is 1.52 bits per heavy atom. The molecule has 0 fully saturated rings. The lowest BCUT2D eigenvalue weighted by atomic mass is 10.1. The fraction of sp³-hybridized carbons (Fsp3) is 0.190. The molecule has 0 aliphatic rings. The van der Waals surface area contributed by atoms with Crippen LogP contribution in [0.2, 0.25) is 0 Å². The molecular formula is C21H22N4O2. The minimum absolute atomic E-state index is 0.110. The van der Waals surface area contributed by atoms with Crippen LogP contribution in [0.5, 0.6) is 0 Å². The number of hydrogen-bond acceptors (Lipinski definition) is 3. The number of aryl methyl sites for hydroxylation is 1. The number of amides is 2. The zero-order valence-electron chi connectivity index (χ0n) is 15.6. The van der Waals surface area contributed by atoms with Crippen molar-refractivity contribution in [3.05, 3.63) is 71.5 Å². The molecule has 0 atom stereocenters. The van der Waals surface area contributed by atoms with Crippen LogP contribution >= 0.6 is 0 Å². The Kier molecular flexibility index (Phi) is 5.35. The molecule has 6 nitrogen and oxygen atoms in total. The number of hydrogen-bond donors (Lipinski definition) is 2. The second-order valence-corrected chi connectivity index (χ2v) is 6.38. The molecule has 1 heterocycles. The molecule has 0 saturated carbocycles. The molecule has 0 spiro atoms. The Labute approximate surface area is 158 Å². The van der Waals surface area contributed by atoms with Crippen molar-refractivity contribution >= 4 is 23.2 Å². The van der Waals surface area contributed by atoms with Crippen molar-refractivity contribution in [1.82, 2.24) is 9.78 Å². The Hall–Kier alpha value is -3.41. The second-order valence-electron chi connectivity index (χ2n) is 6.38. The largest absolute Gasteiger partial charge is 0.326 e. The van der Waals surface area contributed by atoms with Gasteiger partial charge in [-0.25, -0.2) is 4.68 Å². The average molecular weight is 362 g/mol. The molecule has 3 rings (SSSR count). The molecule has 138 valence electrons. The summed E-state index contributed by atoms with van der Waals surface area (Å²) < 4.78 is 1.86. The Bertz CT molecular complexity index is 960. The van der Waals surface area contributed by atoms with Crippen LogP contribution in [0, 0.1) is 13.8 Å². The average Bonchev–Trinajstić information content (AvgIpc) is 2.92. The monoisotopic (exact) mass is 362 g/mol. The van der Waals surface area contributed by atoms with Crippen LogP contribution in [-0.2, 0) is 16.0 Å². The fourth-order valence-corrected chi connectivity index (χ4v) is 2.96. The van der Waals surface area contributed by atoms with E-state index in [9.17, 15) is 9.59 Å². The summed E-state index contributed by atoms with van der Waals surface area (Å²) in [5, 5.41) is 10.2. The van der Waals surface area contributed by atoms with Crippen LogP contribution < -0.4 is 10.6 Å². The Morgan fingerprint density at radius 3 is 2.11 bits per heavy atom. The van der Waals surface area contributed by atoms with Gasteiger partial charge >= 0.3 is 0 Å². The maximum atomic E-state index is 12.5. The SMILES string of the molecule is CC(=O)Nc1ccc(NC(=O)Cc2c(C)nn(-c3ccccc3)c2C)cc1. The van der Waals surface area contributed by atoms with Gasteiger partial charge in [-0.3, -0.25) is 9.59 Å². The summed E-state index contributed by atoms with van der Waals surface area (Å²) in [6, 6.07) is 16.9. The third-order valence-corrected chi connectivity index (χ3v) is 4.27. The topological polar surface area (TPSA) is 76.0 Å². The van der Waals surface area contributed by atoms with Gasteiger partial charge in [0.25, 0.3) is 0 Å². The first kappa shape index (κ1) is 18.4. The van der Waals surface area contributed by atoms with Gasteiger partial charge in [0.1, 0.15) is 0 Å². The second kappa shape index (κ2) is 7.86. The zero-order valence-corrected chi connectivity index (χ0v) is 15.6. The van der Waals surface area contributed by atoms with Gasteiger partial charge in [-0.05, 0) is 50.2 Å². The van der Waals surface area contributed by atoms with Gasteiger partial charge in [0.2, 0.25) is 11.8 Å². The van der Waals surface area contributed by atoms with Crippen LogP contribution in [0.3, 0.4) is 0 Å². The minimum Gasteiger partial charge on any atom is -0.326 e. The van der Waals surface area contributed by atoms with Crippen LogP contribution in [-0.4, -0.2) is 21.6 Å². The highest BCUT2D eigenvalue weighted by atomic mass is 16.2. The van der Waals surface area contributed by atoms with Crippen LogP contribution in [0.25, 0.3) is 5.69 Å². The van der Waals surface area contributed by atoms with E-state index in [2.05, 4.69) is 15.7 Å². The lowest BCUT2D eigenvalue weighted by Gasteiger charge is -2.08. The number of carbonyl (C=O) groups excluding carboxylic acids is 2. The predicted octanol–water partition coefficient (Wildman–Crippen LogP) is 3.63. The van der Waals surface area contributed by atoms with E-state index in [1.807, 2.05) is 48.9 Å². The van der Waals surface area contributed by atoms with Crippen molar-refractivity contribution in [2.24, 2.45) is 0 Å². The van der Waals surface area contributed by atoms with Crippen LogP contribution in [0.4, 0.5) is 11.4 Å². The Balaban J connectivity index is 1.71. The number of aromatic nitrogens is 2. The molecule has 0 aliphatic heterocycles. The number of carbonyl (C=O) groups is 2. The number of anilines is 2. The summed E-state index contributed by atoms with van der Waals surface area (Å²) in [6.45, 7) is 5.34. The fourth-order valence-electron chi connectivity index (χ4n) is 2.96. The van der Waals surface area contributed by atoms with Gasteiger partial charge < -0.3 is 10.6 Å². The van der Waals surface area contributed by atoms with Crippen molar-refractivity contribution < 1.29 is 9.59 Å². The third-order valence-electron chi connectivity index (χ3n) is 4.27.